The SMILES string of the molecule is CCOc1ccc(/C=C/c2ccc(OCC[N+](C)(C)C)cc2)cc1.[Br-]. The van der Waals surface area contributed by atoms with Gasteiger partial charge >= 0.3 is 0 Å². The molecule has 2 aromatic carbocycles. The number of ether oxygens (including phenoxy) is 2. The minimum Gasteiger partial charge on any atom is -1.00 e. The molecule has 25 heavy (non-hydrogen) atoms. The lowest BCUT2D eigenvalue weighted by Crippen LogP contribution is -3.00. The van der Waals surface area contributed by atoms with Crippen LogP contribution in [0.2, 0.25) is 0 Å². The fourth-order valence-corrected chi connectivity index (χ4v) is 2.15. The Balaban J connectivity index is 0.00000312. The number of nitrogens with zero attached hydrogens (tertiary/aromatic N) is 1. The molecule has 0 saturated carbocycles. The Morgan fingerprint density at radius 1 is 0.760 bits per heavy atom. The molecule has 0 aliphatic carbocycles. The monoisotopic (exact) mass is 405 g/mol. The minimum absolute atomic E-state index is 0. The summed E-state index contributed by atoms with van der Waals surface area (Å²) < 4.78 is 12.1. The average Bonchev–Trinajstić information content (AvgIpc) is 2.55. The number of rotatable bonds is 8. The van der Waals surface area contributed by atoms with E-state index in [1.807, 2.05) is 31.2 Å². The van der Waals surface area contributed by atoms with E-state index in [1.54, 1.807) is 0 Å². The standard InChI is InChI=1S/C21H28NO2.BrH/c1-5-23-20-12-8-18(9-13-20)6-7-19-10-14-21(15-11-19)24-17-16-22(2,3)4;/h6-15H,5,16-17H2,1-4H3;1H/q+1;/p-1/b7-6+;. The quantitative estimate of drug-likeness (QED) is 0.487. The molecule has 0 aromatic heterocycles. The van der Waals surface area contributed by atoms with E-state index in [0.717, 1.165) is 40.3 Å². The molecule has 3 nitrogen and oxygen atoms in total. The summed E-state index contributed by atoms with van der Waals surface area (Å²) in [6, 6.07) is 16.3. The Kier molecular flexibility index (Phi) is 8.73. The van der Waals surface area contributed by atoms with Gasteiger partial charge in [0.2, 0.25) is 0 Å². The molecule has 0 unspecified atom stereocenters. The predicted octanol–water partition coefficient (Wildman–Crippen LogP) is 1.34. The van der Waals surface area contributed by atoms with Crippen LogP contribution in [0.5, 0.6) is 11.5 Å². The zero-order valence-corrected chi connectivity index (χ0v) is 17.1. The highest BCUT2D eigenvalue weighted by atomic mass is 79.9. The molecule has 2 rings (SSSR count). The van der Waals surface area contributed by atoms with Gasteiger partial charge in [-0.15, -0.1) is 0 Å². The predicted molar refractivity (Wildman–Crippen MR) is 101 cm³/mol. The van der Waals surface area contributed by atoms with Crippen molar-refractivity contribution in [1.29, 1.82) is 0 Å². The van der Waals surface area contributed by atoms with Gasteiger partial charge in [-0.2, -0.15) is 0 Å². The smallest absolute Gasteiger partial charge is 0.137 e. The first-order chi connectivity index (χ1) is 11.5. The van der Waals surface area contributed by atoms with E-state index in [2.05, 4.69) is 57.6 Å². The molecule has 0 fully saturated rings. The van der Waals surface area contributed by atoms with Crippen molar-refractivity contribution in [2.75, 3.05) is 40.9 Å². The van der Waals surface area contributed by atoms with E-state index in [-0.39, 0.29) is 17.0 Å². The topological polar surface area (TPSA) is 18.5 Å². The Bertz CT molecular complexity index is 643. The lowest BCUT2D eigenvalue weighted by atomic mass is 10.1. The molecule has 0 bridgehead atoms. The van der Waals surface area contributed by atoms with Crippen molar-refractivity contribution in [3.05, 3.63) is 59.7 Å². The van der Waals surface area contributed by atoms with Crippen LogP contribution >= 0.6 is 0 Å². The van der Waals surface area contributed by atoms with Crippen molar-refractivity contribution in [1.82, 2.24) is 0 Å². The molecule has 0 saturated heterocycles. The summed E-state index contributed by atoms with van der Waals surface area (Å²) in [6.45, 7) is 4.39. The molecule has 0 spiro atoms. The second-order valence-electron chi connectivity index (χ2n) is 6.77. The van der Waals surface area contributed by atoms with Gasteiger partial charge in [0.25, 0.3) is 0 Å². The van der Waals surface area contributed by atoms with Crippen LogP contribution in [-0.4, -0.2) is 45.4 Å². The average molecular weight is 406 g/mol. The molecule has 0 aliphatic rings. The number of quaternary nitrogens is 1. The molecule has 136 valence electrons. The number of hydrogen-bond donors (Lipinski definition) is 0. The number of benzene rings is 2. The van der Waals surface area contributed by atoms with Crippen LogP contribution in [0.3, 0.4) is 0 Å². The fraction of sp³-hybridized carbons (Fsp3) is 0.333. The summed E-state index contributed by atoms with van der Waals surface area (Å²) in [6.07, 6.45) is 4.20. The molecule has 2 aromatic rings. The van der Waals surface area contributed by atoms with Gasteiger partial charge in [-0.3, -0.25) is 0 Å². The zero-order valence-electron chi connectivity index (χ0n) is 15.5. The summed E-state index contributed by atoms with van der Waals surface area (Å²) in [5.74, 6) is 1.83. The van der Waals surface area contributed by atoms with Crippen LogP contribution in [-0.2, 0) is 0 Å². The zero-order chi connectivity index (χ0) is 17.4. The van der Waals surface area contributed by atoms with Gasteiger partial charge in [-0.25, -0.2) is 0 Å². The largest absolute Gasteiger partial charge is 1.00 e. The van der Waals surface area contributed by atoms with E-state index >= 15 is 0 Å². The summed E-state index contributed by atoms with van der Waals surface area (Å²) in [4.78, 5) is 0. The van der Waals surface area contributed by atoms with Gasteiger partial charge in [0.05, 0.1) is 27.7 Å². The van der Waals surface area contributed by atoms with Crippen LogP contribution in [0.4, 0.5) is 0 Å². The fourth-order valence-electron chi connectivity index (χ4n) is 2.15. The first-order valence-corrected chi connectivity index (χ1v) is 8.40. The molecule has 0 aliphatic heterocycles. The van der Waals surface area contributed by atoms with Crippen LogP contribution in [0.15, 0.2) is 48.5 Å². The molecule has 0 heterocycles. The van der Waals surface area contributed by atoms with Crippen LogP contribution in [0, 0.1) is 0 Å². The second-order valence-corrected chi connectivity index (χ2v) is 6.77. The second kappa shape index (κ2) is 10.3. The molecule has 4 heteroatoms. The Morgan fingerprint density at radius 3 is 1.60 bits per heavy atom. The van der Waals surface area contributed by atoms with Gasteiger partial charge in [0.1, 0.15) is 24.7 Å². The number of likely N-dealkylation sites (N-methyl/N-ethyl adjacent to an activating group) is 1. The van der Waals surface area contributed by atoms with Gasteiger partial charge in [-0.05, 0) is 42.3 Å². The van der Waals surface area contributed by atoms with Crippen LogP contribution in [0.25, 0.3) is 12.2 Å². The van der Waals surface area contributed by atoms with Crippen molar-refractivity contribution < 1.29 is 30.9 Å². The summed E-state index contributed by atoms with van der Waals surface area (Å²) >= 11 is 0. The molecule has 0 amide bonds. The summed E-state index contributed by atoms with van der Waals surface area (Å²) in [5.41, 5.74) is 2.31. The van der Waals surface area contributed by atoms with Crippen molar-refractivity contribution in [2.45, 2.75) is 6.92 Å². The third-order valence-electron chi connectivity index (χ3n) is 3.57. The van der Waals surface area contributed by atoms with E-state index in [0.29, 0.717) is 6.61 Å². The molecule has 0 atom stereocenters. The van der Waals surface area contributed by atoms with E-state index in [9.17, 15) is 0 Å². The van der Waals surface area contributed by atoms with Gasteiger partial charge in [-0.1, -0.05) is 36.4 Å². The maximum Gasteiger partial charge on any atom is 0.137 e. The first-order valence-electron chi connectivity index (χ1n) is 8.40. The van der Waals surface area contributed by atoms with Crippen molar-refractivity contribution >= 4 is 12.2 Å². The lowest BCUT2D eigenvalue weighted by Gasteiger charge is -2.23. The number of halogens is 1. The maximum absolute atomic E-state index is 5.78. The van der Waals surface area contributed by atoms with Crippen molar-refractivity contribution in [2.24, 2.45) is 0 Å². The van der Waals surface area contributed by atoms with Crippen molar-refractivity contribution in [3.8, 4) is 11.5 Å². The van der Waals surface area contributed by atoms with Crippen molar-refractivity contribution in [3.63, 3.8) is 0 Å². The lowest BCUT2D eigenvalue weighted by molar-refractivity contribution is -0.870. The van der Waals surface area contributed by atoms with Gasteiger partial charge < -0.3 is 30.9 Å². The van der Waals surface area contributed by atoms with E-state index < -0.39 is 0 Å². The molecular weight excluding hydrogens is 378 g/mol. The minimum atomic E-state index is 0. The highest BCUT2D eigenvalue weighted by Crippen LogP contribution is 2.16. The van der Waals surface area contributed by atoms with Crippen LogP contribution in [0.1, 0.15) is 18.1 Å². The van der Waals surface area contributed by atoms with E-state index in [4.69, 9.17) is 9.47 Å². The first kappa shape index (κ1) is 21.3. The van der Waals surface area contributed by atoms with E-state index in [1.165, 1.54) is 0 Å². The third kappa shape index (κ3) is 8.23. The molecular formula is C21H28BrNO2. The summed E-state index contributed by atoms with van der Waals surface area (Å²) in [7, 11) is 6.49. The maximum atomic E-state index is 5.78. The van der Waals surface area contributed by atoms with Gasteiger partial charge in [0, 0.05) is 0 Å². The third-order valence-corrected chi connectivity index (χ3v) is 3.57. The van der Waals surface area contributed by atoms with Gasteiger partial charge in [0.15, 0.2) is 0 Å². The summed E-state index contributed by atoms with van der Waals surface area (Å²) in [5, 5.41) is 0. The molecule has 0 N–H and O–H groups in total. The number of hydrogen-bond acceptors (Lipinski definition) is 2. The normalized spacial score (nSPS) is 11.2. The Labute approximate surface area is 162 Å². The Hall–Kier alpha value is -1.78. The van der Waals surface area contributed by atoms with Crippen LogP contribution < -0.4 is 26.5 Å². The highest BCUT2D eigenvalue weighted by molar-refractivity contribution is 5.70. The highest BCUT2D eigenvalue weighted by Gasteiger charge is 2.06. The Morgan fingerprint density at radius 2 is 1.20 bits per heavy atom. The molecule has 0 radical (unpaired) electrons.